The fourth-order valence-corrected chi connectivity index (χ4v) is 2.46. The first kappa shape index (κ1) is 11.9. The van der Waals surface area contributed by atoms with Gasteiger partial charge in [-0.05, 0) is 39.3 Å². The zero-order valence-corrected chi connectivity index (χ0v) is 10.5. The van der Waals surface area contributed by atoms with Gasteiger partial charge in [0.25, 0.3) is 0 Å². The number of piperazine rings is 1. The van der Waals surface area contributed by atoms with Gasteiger partial charge in [-0.2, -0.15) is 0 Å². The molecular weight excluding hydrogens is 196 g/mol. The molecule has 0 aromatic heterocycles. The van der Waals surface area contributed by atoms with E-state index in [2.05, 4.69) is 35.1 Å². The maximum atomic E-state index is 2.61. The zero-order chi connectivity index (χ0) is 11.2. The molecule has 0 amide bonds. The van der Waals surface area contributed by atoms with E-state index < -0.39 is 0 Å². The molecule has 2 heteroatoms. The molecule has 0 unspecified atom stereocenters. The zero-order valence-electron chi connectivity index (χ0n) is 10.5. The Kier molecular flexibility index (Phi) is 4.61. The molecule has 0 bridgehead atoms. The van der Waals surface area contributed by atoms with Crippen LogP contribution in [0.3, 0.4) is 0 Å². The minimum Gasteiger partial charge on any atom is -0.304 e. The van der Waals surface area contributed by atoms with Gasteiger partial charge in [-0.25, -0.2) is 0 Å². The lowest BCUT2D eigenvalue weighted by Crippen LogP contribution is -2.44. The van der Waals surface area contributed by atoms with E-state index in [-0.39, 0.29) is 0 Å². The minimum atomic E-state index is 1.24. The highest BCUT2D eigenvalue weighted by Gasteiger charge is 2.12. The van der Waals surface area contributed by atoms with Gasteiger partial charge in [0.1, 0.15) is 0 Å². The number of hydrogen-bond donors (Lipinski definition) is 0. The third-order valence-electron chi connectivity index (χ3n) is 3.67. The van der Waals surface area contributed by atoms with E-state index in [0.717, 1.165) is 0 Å². The number of rotatable bonds is 4. The average Bonchev–Trinajstić information content (AvgIpc) is 2.33. The third kappa shape index (κ3) is 3.76. The van der Waals surface area contributed by atoms with Crippen LogP contribution in [0.2, 0.25) is 0 Å². The summed E-state index contributed by atoms with van der Waals surface area (Å²) < 4.78 is 0. The van der Waals surface area contributed by atoms with Crippen molar-refractivity contribution in [2.45, 2.75) is 25.7 Å². The largest absolute Gasteiger partial charge is 0.304 e. The molecule has 1 aliphatic heterocycles. The highest BCUT2D eigenvalue weighted by molar-refractivity contribution is 5.17. The molecule has 0 spiro atoms. The molecule has 0 aromatic rings. The Morgan fingerprint density at radius 1 is 1.19 bits per heavy atom. The average molecular weight is 220 g/mol. The molecule has 1 saturated heterocycles. The molecule has 0 saturated carbocycles. The lowest BCUT2D eigenvalue weighted by molar-refractivity contribution is 0.153. The lowest BCUT2D eigenvalue weighted by atomic mass is 10.0. The van der Waals surface area contributed by atoms with Gasteiger partial charge >= 0.3 is 0 Å². The molecule has 16 heavy (non-hydrogen) atoms. The molecule has 0 N–H and O–H groups in total. The van der Waals surface area contributed by atoms with Gasteiger partial charge in [-0.1, -0.05) is 23.8 Å². The van der Waals surface area contributed by atoms with Crippen molar-refractivity contribution in [2.24, 2.45) is 0 Å². The Balaban J connectivity index is 1.61. The molecule has 0 atom stereocenters. The van der Waals surface area contributed by atoms with Crippen molar-refractivity contribution in [1.82, 2.24) is 9.80 Å². The van der Waals surface area contributed by atoms with Crippen molar-refractivity contribution in [1.29, 1.82) is 0 Å². The minimum absolute atomic E-state index is 1.24. The van der Waals surface area contributed by atoms with Gasteiger partial charge < -0.3 is 9.80 Å². The number of nitrogens with zero attached hydrogens (tertiary/aromatic N) is 2. The van der Waals surface area contributed by atoms with Crippen molar-refractivity contribution in [3.63, 3.8) is 0 Å². The predicted molar refractivity (Wildman–Crippen MR) is 69.6 cm³/mol. The van der Waals surface area contributed by atoms with Crippen molar-refractivity contribution in [3.05, 3.63) is 23.8 Å². The molecule has 1 fully saturated rings. The van der Waals surface area contributed by atoms with Gasteiger partial charge in [0.2, 0.25) is 0 Å². The van der Waals surface area contributed by atoms with Crippen molar-refractivity contribution in [3.8, 4) is 0 Å². The van der Waals surface area contributed by atoms with Crippen LogP contribution in [0, 0.1) is 0 Å². The fraction of sp³-hybridized carbons (Fsp3) is 0.714. The number of hydrogen-bond acceptors (Lipinski definition) is 2. The van der Waals surface area contributed by atoms with Crippen LogP contribution >= 0.6 is 0 Å². The van der Waals surface area contributed by atoms with E-state index in [0.29, 0.717) is 0 Å². The number of likely N-dealkylation sites (N-methyl/N-ethyl adjacent to an activating group) is 1. The van der Waals surface area contributed by atoms with Crippen LogP contribution in [-0.2, 0) is 0 Å². The Hall–Kier alpha value is -0.600. The van der Waals surface area contributed by atoms with Gasteiger partial charge in [-0.15, -0.1) is 0 Å². The fourth-order valence-electron chi connectivity index (χ4n) is 2.46. The second kappa shape index (κ2) is 6.21. The maximum absolute atomic E-state index is 2.61. The maximum Gasteiger partial charge on any atom is 0.0110 e. The van der Waals surface area contributed by atoms with Crippen molar-refractivity contribution < 1.29 is 0 Å². The third-order valence-corrected chi connectivity index (χ3v) is 3.67. The lowest BCUT2D eigenvalue weighted by Gasteiger charge is -2.32. The first-order valence-electron chi connectivity index (χ1n) is 6.60. The van der Waals surface area contributed by atoms with Gasteiger partial charge in [0, 0.05) is 26.2 Å². The molecule has 1 aliphatic carbocycles. The SMILES string of the molecule is CN1CCN(CCCC2=CC=CCC2)CC1. The molecule has 0 aromatic carbocycles. The van der Waals surface area contributed by atoms with Crippen LogP contribution in [0.25, 0.3) is 0 Å². The molecule has 0 radical (unpaired) electrons. The van der Waals surface area contributed by atoms with Gasteiger partial charge in [0.15, 0.2) is 0 Å². The quantitative estimate of drug-likeness (QED) is 0.717. The van der Waals surface area contributed by atoms with Crippen LogP contribution in [0.1, 0.15) is 25.7 Å². The van der Waals surface area contributed by atoms with Crippen molar-refractivity contribution in [2.75, 3.05) is 39.8 Å². The van der Waals surface area contributed by atoms with E-state index in [1.54, 1.807) is 5.57 Å². The molecule has 2 rings (SSSR count). The van der Waals surface area contributed by atoms with E-state index in [4.69, 9.17) is 0 Å². The van der Waals surface area contributed by atoms with Gasteiger partial charge in [-0.3, -0.25) is 0 Å². The monoisotopic (exact) mass is 220 g/mol. The standard InChI is InChI=1S/C14H24N2/c1-15-10-12-16(13-11-15)9-5-8-14-6-3-2-4-7-14/h2-3,6H,4-5,7-13H2,1H3. The summed E-state index contributed by atoms with van der Waals surface area (Å²) in [5.41, 5.74) is 1.65. The summed E-state index contributed by atoms with van der Waals surface area (Å²) >= 11 is 0. The van der Waals surface area contributed by atoms with Crippen LogP contribution in [0.15, 0.2) is 23.8 Å². The van der Waals surface area contributed by atoms with E-state index >= 15 is 0 Å². The smallest absolute Gasteiger partial charge is 0.0110 e. The highest BCUT2D eigenvalue weighted by atomic mass is 15.2. The van der Waals surface area contributed by atoms with E-state index in [1.165, 1.54) is 58.4 Å². The van der Waals surface area contributed by atoms with E-state index in [9.17, 15) is 0 Å². The Morgan fingerprint density at radius 2 is 2.00 bits per heavy atom. The summed E-state index contributed by atoms with van der Waals surface area (Å²) in [6, 6.07) is 0. The summed E-state index contributed by atoms with van der Waals surface area (Å²) in [5, 5.41) is 0. The summed E-state index contributed by atoms with van der Waals surface area (Å²) in [6.07, 6.45) is 12.0. The predicted octanol–water partition coefficient (Wildman–Crippen LogP) is 2.29. The normalized spacial score (nSPS) is 23.4. The molecular formula is C14H24N2. The van der Waals surface area contributed by atoms with Crippen LogP contribution in [0.4, 0.5) is 0 Å². The first-order chi connectivity index (χ1) is 7.84. The second-order valence-electron chi connectivity index (χ2n) is 5.04. The van der Waals surface area contributed by atoms with Crippen LogP contribution in [0.5, 0.6) is 0 Å². The number of allylic oxidation sites excluding steroid dienone is 4. The molecule has 90 valence electrons. The molecule has 2 aliphatic rings. The second-order valence-corrected chi connectivity index (χ2v) is 5.04. The summed E-state index contributed by atoms with van der Waals surface area (Å²) in [4.78, 5) is 5.03. The molecule has 1 heterocycles. The highest BCUT2D eigenvalue weighted by Crippen LogP contribution is 2.17. The first-order valence-corrected chi connectivity index (χ1v) is 6.60. The Morgan fingerprint density at radius 3 is 2.69 bits per heavy atom. The van der Waals surface area contributed by atoms with Crippen LogP contribution in [-0.4, -0.2) is 49.6 Å². The Labute approximate surface area is 99.6 Å². The van der Waals surface area contributed by atoms with Crippen LogP contribution < -0.4 is 0 Å². The topological polar surface area (TPSA) is 6.48 Å². The Bertz CT molecular complexity index is 260. The van der Waals surface area contributed by atoms with Gasteiger partial charge in [0.05, 0.1) is 0 Å². The summed E-state index contributed by atoms with van der Waals surface area (Å²) in [5.74, 6) is 0. The summed E-state index contributed by atoms with van der Waals surface area (Å²) in [6.45, 7) is 6.29. The summed E-state index contributed by atoms with van der Waals surface area (Å²) in [7, 11) is 2.22. The van der Waals surface area contributed by atoms with Crippen molar-refractivity contribution >= 4 is 0 Å². The molecule has 2 nitrogen and oxygen atoms in total. The van der Waals surface area contributed by atoms with E-state index in [1.807, 2.05) is 0 Å².